The highest BCUT2D eigenvalue weighted by Crippen LogP contribution is 2.17. The number of nitrogens with zero attached hydrogens (tertiary/aromatic N) is 1. The van der Waals surface area contributed by atoms with Crippen LogP contribution < -0.4 is 10.1 Å². The third kappa shape index (κ3) is 8.05. The molecule has 0 saturated carbocycles. The van der Waals surface area contributed by atoms with Crippen LogP contribution in [0.3, 0.4) is 0 Å². The number of ketones is 1. The highest BCUT2D eigenvalue weighted by atomic mass is 16.6. The summed E-state index contributed by atoms with van der Waals surface area (Å²) in [6.45, 7) is 9.29. The van der Waals surface area contributed by atoms with E-state index < -0.39 is 5.60 Å². The van der Waals surface area contributed by atoms with E-state index in [4.69, 9.17) is 9.47 Å². The van der Waals surface area contributed by atoms with E-state index in [-0.39, 0.29) is 36.7 Å². The molecule has 1 N–H and O–H groups in total. The van der Waals surface area contributed by atoms with E-state index in [9.17, 15) is 14.4 Å². The van der Waals surface area contributed by atoms with Crippen molar-refractivity contribution in [2.75, 3.05) is 19.7 Å². The first-order valence-electron chi connectivity index (χ1n) is 10.7. The number of likely N-dealkylation sites (tertiary alicyclic amines) is 1. The van der Waals surface area contributed by atoms with Gasteiger partial charge in [0.25, 0.3) is 0 Å². The van der Waals surface area contributed by atoms with Crippen LogP contribution in [0.2, 0.25) is 0 Å². The van der Waals surface area contributed by atoms with Crippen molar-refractivity contribution in [1.29, 1.82) is 0 Å². The number of hydrogen-bond donors (Lipinski definition) is 1. The number of carbonyl (C=O) groups is 3. The fraction of sp³-hybridized carbons (Fsp3) is 0.609. The summed E-state index contributed by atoms with van der Waals surface area (Å²) in [5.74, 6) is 0.540. The van der Waals surface area contributed by atoms with Crippen molar-refractivity contribution in [3.8, 4) is 5.75 Å². The Labute approximate surface area is 179 Å². The SMILES string of the molecule is CCCOc1ccc(C(=O)CCC(=O)NC2CCN(C(=O)OC(C)(C)C)CC2)cc1. The number of benzene rings is 1. The van der Waals surface area contributed by atoms with Crippen LogP contribution in [0.1, 0.15) is 70.2 Å². The van der Waals surface area contributed by atoms with Crippen molar-refractivity contribution in [2.24, 2.45) is 0 Å². The monoisotopic (exact) mass is 418 g/mol. The van der Waals surface area contributed by atoms with Crippen LogP contribution in [-0.4, -0.2) is 54.0 Å². The number of carbonyl (C=O) groups excluding carboxylic acids is 3. The topological polar surface area (TPSA) is 84.9 Å². The lowest BCUT2D eigenvalue weighted by Crippen LogP contribution is -2.47. The van der Waals surface area contributed by atoms with E-state index in [1.165, 1.54) is 0 Å². The van der Waals surface area contributed by atoms with Crippen molar-refractivity contribution in [3.63, 3.8) is 0 Å². The Bertz CT molecular complexity index is 716. The van der Waals surface area contributed by atoms with E-state index >= 15 is 0 Å². The Kier molecular flexibility index (Phi) is 8.69. The molecule has 0 bridgehead atoms. The molecule has 1 fully saturated rings. The quantitative estimate of drug-likeness (QED) is 0.646. The molecule has 1 saturated heterocycles. The van der Waals surface area contributed by atoms with E-state index in [2.05, 4.69) is 5.32 Å². The third-order valence-electron chi connectivity index (χ3n) is 4.74. The second-order valence-corrected chi connectivity index (χ2v) is 8.61. The molecule has 2 amide bonds. The van der Waals surface area contributed by atoms with Crippen LogP contribution in [0.25, 0.3) is 0 Å². The van der Waals surface area contributed by atoms with Gasteiger partial charge >= 0.3 is 6.09 Å². The van der Waals surface area contributed by atoms with E-state index in [1.807, 2.05) is 27.7 Å². The Morgan fingerprint density at radius 2 is 1.70 bits per heavy atom. The molecule has 1 aromatic rings. The Balaban J connectivity index is 1.70. The zero-order valence-corrected chi connectivity index (χ0v) is 18.5. The summed E-state index contributed by atoms with van der Waals surface area (Å²) in [6.07, 6.45) is 2.28. The smallest absolute Gasteiger partial charge is 0.410 e. The molecule has 0 spiro atoms. The minimum absolute atomic E-state index is 0.0151. The molecule has 1 aliphatic heterocycles. The number of hydrogen-bond acceptors (Lipinski definition) is 5. The van der Waals surface area contributed by atoms with Crippen LogP contribution in [0, 0.1) is 0 Å². The fourth-order valence-corrected chi connectivity index (χ4v) is 3.16. The molecular formula is C23H34N2O5. The van der Waals surface area contributed by atoms with E-state index in [0.29, 0.717) is 38.1 Å². The first-order chi connectivity index (χ1) is 14.2. The normalized spacial score (nSPS) is 14.9. The summed E-state index contributed by atoms with van der Waals surface area (Å²) < 4.78 is 10.9. The van der Waals surface area contributed by atoms with Crippen molar-refractivity contribution < 1.29 is 23.9 Å². The summed E-state index contributed by atoms with van der Waals surface area (Å²) in [5.41, 5.74) is 0.0645. The van der Waals surface area contributed by atoms with Crippen molar-refractivity contribution in [3.05, 3.63) is 29.8 Å². The van der Waals surface area contributed by atoms with Crippen LogP contribution in [0.15, 0.2) is 24.3 Å². The molecule has 0 unspecified atom stereocenters. The van der Waals surface area contributed by atoms with Gasteiger partial charge in [0.05, 0.1) is 6.61 Å². The Hall–Kier alpha value is -2.57. The zero-order valence-electron chi connectivity index (χ0n) is 18.5. The second kappa shape index (κ2) is 11.0. The fourth-order valence-electron chi connectivity index (χ4n) is 3.16. The number of amides is 2. The van der Waals surface area contributed by atoms with E-state index in [0.717, 1.165) is 12.2 Å². The predicted molar refractivity (Wildman–Crippen MR) is 115 cm³/mol. The minimum atomic E-state index is -0.516. The van der Waals surface area contributed by atoms with Gasteiger partial charge in [0.2, 0.25) is 5.91 Å². The molecule has 0 aliphatic carbocycles. The maximum atomic E-state index is 12.3. The van der Waals surface area contributed by atoms with Crippen LogP contribution >= 0.6 is 0 Å². The molecular weight excluding hydrogens is 384 g/mol. The molecule has 1 aromatic carbocycles. The van der Waals surface area contributed by atoms with Gasteiger partial charge in [0, 0.05) is 37.5 Å². The highest BCUT2D eigenvalue weighted by molar-refractivity contribution is 5.98. The molecule has 0 aromatic heterocycles. The molecule has 0 atom stereocenters. The van der Waals surface area contributed by atoms with Crippen molar-refractivity contribution >= 4 is 17.8 Å². The largest absolute Gasteiger partial charge is 0.494 e. The summed E-state index contributed by atoms with van der Waals surface area (Å²) in [7, 11) is 0. The summed E-state index contributed by atoms with van der Waals surface area (Å²) in [6, 6.07) is 7.04. The van der Waals surface area contributed by atoms with Crippen molar-refractivity contribution in [1.82, 2.24) is 10.2 Å². The lowest BCUT2D eigenvalue weighted by molar-refractivity contribution is -0.122. The molecule has 1 heterocycles. The molecule has 0 radical (unpaired) electrons. The van der Waals surface area contributed by atoms with Gasteiger partial charge < -0.3 is 19.7 Å². The number of rotatable bonds is 8. The maximum Gasteiger partial charge on any atom is 0.410 e. The summed E-state index contributed by atoms with van der Waals surface area (Å²) in [4.78, 5) is 38.3. The minimum Gasteiger partial charge on any atom is -0.494 e. The molecule has 1 aliphatic rings. The molecule has 7 nitrogen and oxygen atoms in total. The number of nitrogens with one attached hydrogen (secondary N) is 1. The van der Waals surface area contributed by atoms with Gasteiger partial charge in [-0.2, -0.15) is 0 Å². The van der Waals surface area contributed by atoms with Gasteiger partial charge in [0.1, 0.15) is 11.4 Å². The Morgan fingerprint density at radius 1 is 1.07 bits per heavy atom. The summed E-state index contributed by atoms with van der Waals surface area (Å²) in [5, 5.41) is 2.98. The lowest BCUT2D eigenvalue weighted by Gasteiger charge is -2.33. The van der Waals surface area contributed by atoms with E-state index in [1.54, 1.807) is 29.2 Å². The first kappa shape index (κ1) is 23.7. The Morgan fingerprint density at radius 3 is 2.27 bits per heavy atom. The summed E-state index contributed by atoms with van der Waals surface area (Å²) >= 11 is 0. The molecule has 2 rings (SSSR count). The van der Waals surface area contributed by atoms with Gasteiger partial charge in [0.15, 0.2) is 5.78 Å². The maximum absolute atomic E-state index is 12.3. The number of Topliss-reactive ketones (excluding diaryl/α,β-unsaturated/α-hetero) is 1. The van der Waals surface area contributed by atoms with Gasteiger partial charge in [-0.05, 0) is 64.3 Å². The molecule has 30 heavy (non-hydrogen) atoms. The van der Waals surface area contributed by atoms with Gasteiger partial charge in [-0.1, -0.05) is 6.92 Å². The van der Waals surface area contributed by atoms with Crippen LogP contribution in [0.4, 0.5) is 4.79 Å². The second-order valence-electron chi connectivity index (χ2n) is 8.61. The van der Waals surface area contributed by atoms with Crippen LogP contribution in [0.5, 0.6) is 5.75 Å². The number of piperidine rings is 1. The van der Waals surface area contributed by atoms with Crippen molar-refractivity contribution in [2.45, 2.75) is 71.4 Å². The zero-order chi connectivity index (χ0) is 22.1. The average molecular weight is 419 g/mol. The van der Waals surface area contributed by atoms with Gasteiger partial charge in [-0.25, -0.2) is 4.79 Å². The average Bonchev–Trinajstić information content (AvgIpc) is 2.70. The molecule has 166 valence electrons. The standard InChI is InChI=1S/C23H34N2O5/c1-5-16-29-19-8-6-17(7-9-19)20(26)10-11-21(27)24-18-12-14-25(15-13-18)22(28)30-23(2,3)4/h6-9,18H,5,10-16H2,1-4H3,(H,24,27). The third-order valence-corrected chi connectivity index (χ3v) is 4.74. The number of ether oxygens (including phenoxy) is 2. The van der Waals surface area contributed by atoms with Gasteiger partial charge in [-0.15, -0.1) is 0 Å². The lowest BCUT2D eigenvalue weighted by atomic mass is 10.0. The first-order valence-corrected chi connectivity index (χ1v) is 10.7. The van der Waals surface area contributed by atoms with Crippen LogP contribution in [-0.2, 0) is 9.53 Å². The predicted octanol–water partition coefficient (Wildman–Crippen LogP) is 3.95. The highest BCUT2D eigenvalue weighted by Gasteiger charge is 2.27. The molecule has 7 heteroatoms. The van der Waals surface area contributed by atoms with Gasteiger partial charge in [-0.3, -0.25) is 9.59 Å².